The average molecular weight is 215 g/mol. The van der Waals surface area contributed by atoms with Gasteiger partial charge in [-0.05, 0) is 16.2 Å². The number of fused-ring (bicyclic) bond motifs is 3. The number of rotatable bonds is 0. The van der Waals surface area contributed by atoms with Crippen LogP contribution in [0.3, 0.4) is 0 Å². The van der Waals surface area contributed by atoms with Crippen molar-refractivity contribution in [3.63, 3.8) is 0 Å². The first-order chi connectivity index (χ1) is 7.77. The van der Waals surface area contributed by atoms with Gasteiger partial charge in [-0.1, -0.05) is 48.2 Å². The maximum atomic E-state index is 12.0. The first-order valence-electron chi connectivity index (χ1n) is 5.11. The molecule has 3 heteroatoms. The van der Waals surface area contributed by atoms with Crippen molar-refractivity contribution < 1.29 is 28.5 Å². The summed E-state index contributed by atoms with van der Waals surface area (Å²) in [5.74, 6) is 0.0179. The number of nitrogens with zero attached hydrogens (tertiary/aromatic N) is 1. The van der Waals surface area contributed by atoms with Gasteiger partial charge >= 0.3 is 18.9 Å². The first-order valence-corrected chi connectivity index (χ1v) is 5.11. The summed E-state index contributed by atoms with van der Waals surface area (Å²) in [6, 6.07) is 13.4. The van der Waals surface area contributed by atoms with Gasteiger partial charge in [-0.2, -0.15) is 0 Å². The summed E-state index contributed by atoms with van der Waals surface area (Å²) >= 11 is 0. The van der Waals surface area contributed by atoms with Gasteiger partial charge in [0, 0.05) is 7.05 Å². The second kappa shape index (κ2) is 4.33. The Morgan fingerprint density at radius 2 is 1.71 bits per heavy atom. The monoisotopic (exact) mass is 215 g/mol. The van der Waals surface area contributed by atoms with Crippen molar-refractivity contribution in [2.45, 2.75) is 0 Å². The molecule has 0 saturated heterocycles. The van der Waals surface area contributed by atoms with Gasteiger partial charge < -0.3 is 9.67 Å². The van der Waals surface area contributed by atoms with Crippen molar-refractivity contribution in [2.75, 3.05) is 0 Å². The minimum Gasteiger partial charge on any atom is -0.877 e. The molecule has 0 N–H and O–H groups in total. The summed E-state index contributed by atoms with van der Waals surface area (Å²) in [6.07, 6.45) is 1.79. The molecular weight excluding hydrogens is 205 g/mol. The molecule has 0 unspecified atom stereocenters. The molecule has 0 amide bonds. The fourth-order valence-corrected chi connectivity index (χ4v) is 2.12. The number of hydrogen-bond acceptors (Lipinski definition) is 1. The number of hydrogen-bond donors (Lipinski definition) is 0. The SMILES string of the molecule is [CH2-][n+]1cccc2c3ccccc3cc([O-])c21.[Li+]. The largest absolute Gasteiger partial charge is 1.00 e. The molecule has 0 spiro atoms. The Hall–Kier alpha value is -1.62. The van der Waals surface area contributed by atoms with E-state index in [0.29, 0.717) is 5.52 Å². The van der Waals surface area contributed by atoms with Crippen molar-refractivity contribution in [3.8, 4) is 5.75 Å². The van der Waals surface area contributed by atoms with Crippen LogP contribution in [0.15, 0.2) is 48.7 Å². The van der Waals surface area contributed by atoms with Gasteiger partial charge in [-0.3, -0.25) is 0 Å². The second-order valence-electron chi connectivity index (χ2n) is 3.84. The quantitative estimate of drug-likeness (QED) is 0.204. The van der Waals surface area contributed by atoms with Crippen LogP contribution in [-0.4, -0.2) is 0 Å². The molecule has 3 rings (SSSR count). The standard InChI is InChI=1S/C14H11NO.Li/c1-15-8-4-7-12-11-6-3-2-5-10(11)9-13(16)14(12)15;/h2-9,16H,1H2;/q;+1/p-1. The Labute approximate surface area is 112 Å². The zero-order valence-corrected chi connectivity index (χ0v) is 9.68. The average Bonchev–Trinajstić information content (AvgIpc) is 2.29. The minimum atomic E-state index is 0. The predicted molar refractivity (Wildman–Crippen MR) is 61.9 cm³/mol. The third-order valence-corrected chi connectivity index (χ3v) is 2.84. The molecule has 3 aromatic rings. The molecule has 0 aliphatic carbocycles. The fraction of sp³-hybridized carbons (Fsp3) is 0. The number of aromatic nitrogens is 1. The van der Waals surface area contributed by atoms with Crippen LogP contribution >= 0.6 is 0 Å². The van der Waals surface area contributed by atoms with E-state index in [-0.39, 0.29) is 24.6 Å². The Morgan fingerprint density at radius 3 is 2.53 bits per heavy atom. The number of pyridine rings is 1. The van der Waals surface area contributed by atoms with Crippen molar-refractivity contribution in [3.05, 3.63) is 55.7 Å². The molecule has 0 saturated carbocycles. The maximum absolute atomic E-state index is 12.0. The van der Waals surface area contributed by atoms with E-state index in [1.807, 2.05) is 36.4 Å². The van der Waals surface area contributed by atoms with Crippen LogP contribution in [0.2, 0.25) is 0 Å². The van der Waals surface area contributed by atoms with E-state index in [4.69, 9.17) is 0 Å². The van der Waals surface area contributed by atoms with Crippen molar-refractivity contribution in [1.82, 2.24) is 0 Å². The Kier molecular flexibility index (Phi) is 3.02. The van der Waals surface area contributed by atoms with Crippen molar-refractivity contribution in [2.24, 2.45) is 0 Å². The molecular formula is C14H10LiNO. The molecule has 0 bridgehead atoms. The van der Waals surface area contributed by atoms with Gasteiger partial charge in [0.05, 0.1) is 6.20 Å². The van der Waals surface area contributed by atoms with Crippen LogP contribution in [0.5, 0.6) is 5.75 Å². The normalized spacial score (nSPS) is 10.4. The van der Waals surface area contributed by atoms with Crippen molar-refractivity contribution in [1.29, 1.82) is 0 Å². The fourth-order valence-electron chi connectivity index (χ4n) is 2.12. The molecule has 1 aromatic heterocycles. The van der Waals surface area contributed by atoms with Gasteiger partial charge in [-0.25, -0.2) is 0 Å². The van der Waals surface area contributed by atoms with Gasteiger partial charge in [0.2, 0.25) is 0 Å². The van der Waals surface area contributed by atoms with Gasteiger partial charge in [0.25, 0.3) is 0 Å². The molecule has 17 heavy (non-hydrogen) atoms. The van der Waals surface area contributed by atoms with E-state index >= 15 is 0 Å². The van der Waals surface area contributed by atoms with Crippen LogP contribution in [-0.2, 0) is 0 Å². The Balaban J connectivity index is 0.00000108. The van der Waals surface area contributed by atoms with E-state index < -0.39 is 0 Å². The topological polar surface area (TPSA) is 26.9 Å². The summed E-state index contributed by atoms with van der Waals surface area (Å²) in [7, 11) is 3.83. The van der Waals surface area contributed by atoms with E-state index in [2.05, 4.69) is 7.05 Å². The van der Waals surface area contributed by atoms with E-state index in [9.17, 15) is 5.11 Å². The van der Waals surface area contributed by atoms with Gasteiger partial charge in [-0.15, -0.1) is 0 Å². The minimum absolute atomic E-state index is 0. The summed E-state index contributed by atoms with van der Waals surface area (Å²) in [4.78, 5) is 0. The van der Waals surface area contributed by atoms with Crippen LogP contribution < -0.4 is 28.5 Å². The van der Waals surface area contributed by atoms with Crippen LogP contribution in [0, 0.1) is 7.05 Å². The molecule has 2 aromatic carbocycles. The predicted octanol–water partition coefficient (Wildman–Crippen LogP) is -1.00. The Bertz CT molecular complexity index is 694. The van der Waals surface area contributed by atoms with E-state index in [1.54, 1.807) is 16.8 Å². The van der Waals surface area contributed by atoms with Crippen LogP contribution in [0.4, 0.5) is 0 Å². The third kappa shape index (κ3) is 1.76. The molecule has 2 nitrogen and oxygen atoms in total. The zero-order valence-electron chi connectivity index (χ0n) is 9.68. The smallest absolute Gasteiger partial charge is 0.877 e. The van der Waals surface area contributed by atoms with Gasteiger partial charge in [0.15, 0.2) is 0 Å². The first kappa shape index (κ1) is 11.9. The summed E-state index contributed by atoms with van der Waals surface area (Å²) in [5, 5.41) is 15.0. The van der Waals surface area contributed by atoms with E-state index in [0.717, 1.165) is 16.2 Å². The summed E-state index contributed by atoms with van der Waals surface area (Å²) in [5.41, 5.74) is 0.654. The molecule has 78 valence electrons. The molecule has 1 heterocycles. The number of benzene rings is 2. The third-order valence-electron chi connectivity index (χ3n) is 2.84. The van der Waals surface area contributed by atoms with Crippen LogP contribution in [0.1, 0.15) is 0 Å². The van der Waals surface area contributed by atoms with E-state index in [1.165, 1.54) is 0 Å². The molecule has 0 atom stereocenters. The van der Waals surface area contributed by atoms with Gasteiger partial charge in [0.1, 0.15) is 5.52 Å². The Morgan fingerprint density at radius 1 is 1.00 bits per heavy atom. The molecule has 0 aliphatic rings. The second-order valence-corrected chi connectivity index (χ2v) is 3.84. The van der Waals surface area contributed by atoms with Crippen molar-refractivity contribution >= 4 is 21.7 Å². The molecule has 0 aliphatic heterocycles. The maximum Gasteiger partial charge on any atom is 1.00 e. The molecule has 0 fully saturated rings. The molecule has 0 radical (unpaired) electrons. The zero-order chi connectivity index (χ0) is 11.1. The van der Waals surface area contributed by atoms with Crippen LogP contribution in [0.25, 0.3) is 21.7 Å². The summed E-state index contributed by atoms with van der Waals surface area (Å²) < 4.78 is 1.63. The summed E-state index contributed by atoms with van der Waals surface area (Å²) in [6.45, 7) is 0.